The van der Waals surface area contributed by atoms with Gasteiger partial charge in [-0.2, -0.15) is 4.31 Å². The fraction of sp³-hybridized carbons (Fsp3) is 0.600. The number of rotatable bonds is 5. The van der Waals surface area contributed by atoms with Gasteiger partial charge in [0.05, 0.1) is 12.4 Å². The number of nitrogens with zero attached hydrogens (tertiary/aromatic N) is 3. The highest BCUT2D eigenvalue weighted by Crippen LogP contribution is 2.33. The van der Waals surface area contributed by atoms with E-state index in [0.29, 0.717) is 39.0 Å². The molecule has 0 aromatic heterocycles. The van der Waals surface area contributed by atoms with Crippen molar-refractivity contribution in [3.8, 4) is 0 Å². The number of piperazine rings is 1. The predicted octanol–water partition coefficient (Wildman–Crippen LogP) is 1.35. The van der Waals surface area contributed by atoms with Crippen LogP contribution in [0.3, 0.4) is 0 Å². The molecule has 1 spiro atoms. The molecule has 0 bridgehead atoms. The fourth-order valence-corrected chi connectivity index (χ4v) is 6.04. The lowest BCUT2D eigenvalue weighted by molar-refractivity contribution is -0.134. The van der Waals surface area contributed by atoms with Gasteiger partial charge >= 0.3 is 6.03 Å². The monoisotopic (exact) mass is 420 g/mol. The highest BCUT2D eigenvalue weighted by Gasteiger charge is 2.51. The van der Waals surface area contributed by atoms with Crippen LogP contribution in [0.5, 0.6) is 0 Å². The number of carbonyl (C=O) groups excluding carboxylic acids is 2. The Labute approximate surface area is 171 Å². The average Bonchev–Trinajstić information content (AvgIpc) is 2.93. The molecule has 3 aliphatic rings. The molecule has 1 aliphatic carbocycles. The van der Waals surface area contributed by atoms with Crippen LogP contribution >= 0.6 is 0 Å². The normalized spacial score (nSPS) is 23.5. The van der Waals surface area contributed by atoms with Crippen molar-refractivity contribution in [2.75, 3.05) is 32.8 Å². The van der Waals surface area contributed by atoms with Crippen LogP contribution in [0, 0.1) is 0 Å². The number of nitrogens with one attached hydrogen (secondary N) is 1. The van der Waals surface area contributed by atoms with E-state index >= 15 is 0 Å². The largest absolute Gasteiger partial charge is 0.326 e. The lowest BCUT2D eigenvalue weighted by Gasteiger charge is -2.35. The van der Waals surface area contributed by atoms with Crippen LogP contribution in [0.25, 0.3) is 0 Å². The van der Waals surface area contributed by atoms with Crippen LogP contribution in [0.1, 0.15) is 37.7 Å². The topological polar surface area (TPSA) is 90.0 Å². The van der Waals surface area contributed by atoms with Gasteiger partial charge in [-0.15, -0.1) is 0 Å². The summed E-state index contributed by atoms with van der Waals surface area (Å²) < 4.78 is 26.9. The molecule has 9 heteroatoms. The molecule has 2 aliphatic heterocycles. The maximum Gasteiger partial charge on any atom is 0.326 e. The van der Waals surface area contributed by atoms with Crippen molar-refractivity contribution in [3.05, 3.63) is 35.9 Å². The summed E-state index contributed by atoms with van der Waals surface area (Å²) in [5.74, 6) is -0.134. The minimum atomic E-state index is -3.38. The number of imide groups is 1. The molecule has 3 amide bonds. The summed E-state index contributed by atoms with van der Waals surface area (Å²) in [7, 11) is -3.38. The summed E-state index contributed by atoms with van der Waals surface area (Å²) in [5.41, 5.74) is 0.0583. The molecule has 2 saturated heterocycles. The van der Waals surface area contributed by atoms with Gasteiger partial charge in [0, 0.05) is 26.2 Å². The first-order chi connectivity index (χ1) is 13.9. The van der Waals surface area contributed by atoms with E-state index in [1.165, 1.54) is 9.21 Å². The molecule has 0 unspecified atom stereocenters. The Morgan fingerprint density at radius 2 is 1.59 bits per heavy atom. The minimum Gasteiger partial charge on any atom is -0.323 e. The third-order valence-electron chi connectivity index (χ3n) is 6.21. The third-order valence-corrected chi connectivity index (χ3v) is 8.06. The summed E-state index contributed by atoms with van der Waals surface area (Å²) in [6, 6.07) is 8.83. The van der Waals surface area contributed by atoms with Crippen LogP contribution in [0.4, 0.5) is 4.79 Å². The van der Waals surface area contributed by atoms with Gasteiger partial charge in [-0.3, -0.25) is 9.69 Å². The number of hydrogen-bond donors (Lipinski definition) is 1. The molecule has 2 heterocycles. The fourth-order valence-electron chi connectivity index (χ4n) is 4.52. The van der Waals surface area contributed by atoms with Crippen molar-refractivity contribution < 1.29 is 18.0 Å². The second kappa shape index (κ2) is 8.04. The molecule has 3 fully saturated rings. The highest BCUT2D eigenvalue weighted by molar-refractivity contribution is 7.88. The SMILES string of the molecule is O=C1NC2(CCCCC2)C(=O)N1CN1CCN(S(=O)(=O)Cc2ccccc2)CC1. The highest BCUT2D eigenvalue weighted by atomic mass is 32.2. The molecular weight excluding hydrogens is 392 g/mol. The van der Waals surface area contributed by atoms with Gasteiger partial charge in [-0.1, -0.05) is 49.6 Å². The number of benzene rings is 1. The average molecular weight is 421 g/mol. The first kappa shape index (κ1) is 20.3. The van der Waals surface area contributed by atoms with Gasteiger partial charge in [-0.05, 0) is 18.4 Å². The molecule has 1 saturated carbocycles. The van der Waals surface area contributed by atoms with Crippen LogP contribution < -0.4 is 5.32 Å². The molecule has 4 rings (SSSR count). The molecular formula is C20H28N4O4S. The molecule has 1 N–H and O–H groups in total. The van der Waals surface area contributed by atoms with Crippen molar-refractivity contribution in [2.24, 2.45) is 0 Å². The van der Waals surface area contributed by atoms with E-state index in [9.17, 15) is 18.0 Å². The van der Waals surface area contributed by atoms with Crippen molar-refractivity contribution in [1.82, 2.24) is 19.4 Å². The van der Waals surface area contributed by atoms with Gasteiger partial charge in [-0.25, -0.2) is 18.1 Å². The smallest absolute Gasteiger partial charge is 0.323 e. The number of hydrogen-bond acceptors (Lipinski definition) is 5. The van der Waals surface area contributed by atoms with E-state index in [2.05, 4.69) is 5.32 Å². The Morgan fingerprint density at radius 3 is 2.24 bits per heavy atom. The van der Waals surface area contributed by atoms with Crippen LogP contribution in [-0.2, 0) is 20.6 Å². The van der Waals surface area contributed by atoms with E-state index in [1.54, 1.807) is 0 Å². The quantitative estimate of drug-likeness (QED) is 0.726. The number of urea groups is 1. The van der Waals surface area contributed by atoms with Crippen molar-refractivity contribution in [2.45, 2.75) is 43.4 Å². The van der Waals surface area contributed by atoms with E-state index in [0.717, 1.165) is 24.8 Å². The first-order valence-corrected chi connectivity index (χ1v) is 11.9. The molecule has 1 aromatic rings. The summed E-state index contributed by atoms with van der Waals surface area (Å²) >= 11 is 0. The standard InChI is InChI=1S/C20H28N4O4S/c25-18-20(9-5-2-6-10-20)21-19(26)24(18)16-22-11-13-23(14-12-22)29(27,28)15-17-7-3-1-4-8-17/h1,3-4,7-8H,2,5-6,9-16H2,(H,21,26). The lowest BCUT2D eigenvalue weighted by atomic mass is 9.82. The van der Waals surface area contributed by atoms with Crippen LogP contribution in [0.15, 0.2) is 30.3 Å². The second-order valence-corrected chi connectivity index (χ2v) is 10.2. The molecule has 0 atom stereocenters. The third kappa shape index (κ3) is 4.17. The molecule has 8 nitrogen and oxygen atoms in total. The number of carbonyl (C=O) groups is 2. The maximum absolute atomic E-state index is 12.9. The first-order valence-electron chi connectivity index (χ1n) is 10.3. The van der Waals surface area contributed by atoms with Gasteiger partial charge in [0.25, 0.3) is 5.91 Å². The Hall–Kier alpha value is -1.97. The van der Waals surface area contributed by atoms with Gasteiger partial charge in [0.1, 0.15) is 5.54 Å². The summed E-state index contributed by atoms with van der Waals surface area (Å²) in [5, 5.41) is 2.92. The van der Waals surface area contributed by atoms with Crippen molar-refractivity contribution >= 4 is 22.0 Å². The molecule has 1 aromatic carbocycles. The van der Waals surface area contributed by atoms with Gasteiger partial charge in [0.2, 0.25) is 10.0 Å². The zero-order chi connectivity index (χ0) is 20.5. The number of sulfonamides is 1. The van der Waals surface area contributed by atoms with Gasteiger partial charge < -0.3 is 5.32 Å². The molecule has 0 radical (unpaired) electrons. The lowest BCUT2D eigenvalue weighted by Crippen LogP contribution is -2.53. The maximum atomic E-state index is 12.9. The Balaban J connectivity index is 1.33. The zero-order valence-electron chi connectivity index (χ0n) is 16.5. The zero-order valence-corrected chi connectivity index (χ0v) is 17.4. The minimum absolute atomic E-state index is 0.0105. The van der Waals surface area contributed by atoms with E-state index < -0.39 is 15.6 Å². The Bertz CT molecular complexity index is 860. The molecule has 158 valence electrons. The van der Waals surface area contributed by atoms with Gasteiger partial charge in [0.15, 0.2) is 0 Å². The summed E-state index contributed by atoms with van der Waals surface area (Å²) in [6.07, 6.45) is 4.43. The second-order valence-electron chi connectivity index (χ2n) is 8.21. The van der Waals surface area contributed by atoms with E-state index in [4.69, 9.17) is 0 Å². The summed E-state index contributed by atoms with van der Waals surface area (Å²) in [4.78, 5) is 28.6. The van der Waals surface area contributed by atoms with Crippen LogP contribution in [-0.4, -0.2) is 72.8 Å². The summed E-state index contributed by atoms with van der Waals surface area (Å²) in [6.45, 7) is 1.95. The predicted molar refractivity (Wildman–Crippen MR) is 108 cm³/mol. The number of amides is 3. The van der Waals surface area contributed by atoms with Crippen molar-refractivity contribution in [3.63, 3.8) is 0 Å². The Kier molecular flexibility index (Phi) is 5.63. The molecule has 29 heavy (non-hydrogen) atoms. The van der Waals surface area contributed by atoms with E-state index in [-0.39, 0.29) is 24.4 Å². The Morgan fingerprint density at radius 1 is 0.931 bits per heavy atom. The van der Waals surface area contributed by atoms with Crippen LogP contribution in [0.2, 0.25) is 0 Å². The van der Waals surface area contributed by atoms with E-state index in [1.807, 2.05) is 35.2 Å². The van der Waals surface area contributed by atoms with Crippen molar-refractivity contribution in [1.29, 1.82) is 0 Å².